The number of hydrogen-bond donors (Lipinski definition) is 3. The van der Waals surface area contributed by atoms with Crippen LogP contribution in [0.25, 0.3) is 10.9 Å². The van der Waals surface area contributed by atoms with Crippen molar-refractivity contribution in [3.63, 3.8) is 0 Å². The smallest absolute Gasteiger partial charge is 0.251 e. The molecule has 4 rings (SSSR count). The Hall–Kier alpha value is -2.64. The second-order valence-electron chi connectivity index (χ2n) is 7.46. The van der Waals surface area contributed by atoms with E-state index in [1.165, 1.54) is 31.1 Å². The highest BCUT2D eigenvalue weighted by atomic mass is 32.2. The lowest BCUT2D eigenvalue weighted by atomic mass is 9.95. The highest BCUT2D eigenvalue weighted by Crippen LogP contribution is 2.29. The van der Waals surface area contributed by atoms with Crippen molar-refractivity contribution in [1.29, 1.82) is 0 Å². The summed E-state index contributed by atoms with van der Waals surface area (Å²) in [5, 5.41) is 4.06. The molecule has 0 fully saturated rings. The molecular weight excluding hydrogens is 386 g/mol. The number of carbonyl (C=O) groups excluding carboxylic acids is 1. The molecule has 6 nitrogen and oxygen atoms in total. The summed E-state index contributed by atoms with van der Waals surface area (Å²) >= 11 is 0. The number of carbonyl (C=O) groups is 1. The Morgan fingerprint density at radius 1 is 1.07 bits per heavy atom. The topological polar surface area (TPSA) is 91.1 Å². The van der Waals surface area contributed by atoms with Crippen LogP contribution in [0.5, 0.6) is 0 Å². The maximum absolute atomic E-state index is 12.8. The van der Waals surface area contributed by atoms with E-state index in [4.69, 9.17) is 0 Å². The third-order valence-corrected chi connectivity index (χ3v) is 6.89. The lowest BCUT2D eigenvalue weighted by molar-refractivity contribution is 0.0951. The number of benzene rings is 2. The molecular formula is C22H25N3O3S. The van der Waals surface area contributed by atoms with E-state index in [-0.39, 0.29) is 18.2 Å². The van der Waals surface area contributed by atoms with Crippen LogP contribution in [0.3, 0.4) is 0 Å². The fourth-order valence-electron chi connectivity index (χ4n) is 3.97. The predicted molar refractivity (Wildman–Crippen MR) is 114 cm³/mol. The Balaban J connectivity index is 1.52. The summed E-state index contributed by atoms with van der Waals surface area (Å²) in [5.74, 6) is -0.277. The van der Waals surface area contributed by atoms with Gasteiger partial charge in [-0.3, -0.25) is 4.79 Å². The Bertz CT molecular complexity index is 1170. The molecule has 0 atom stereocenters. The third-order valence-electron chi connectivity index (χ3n) is 5.57. The molecule has 1 heterocycles. The number of hydrogen-bond acceptors (Lipinski definition) is 3. The van der Waals surface area contributed by atoms with Crippen LogP contribution in [0.1, 0.15) is 45.6 Å². The molecule has 0 saturated heterocycles. The molecule has 1 aliphatic carbocycles. The fraction of sp³-hybridized carbons (Fsp3) is 0.318. The zero-order valence-electron chi connectivity index (χ0n) is 16.4. The van der Waals surface area contributed by atoms with Crippen molar-refractivity contribution in [2.24, 2.45) is 0 Å². The van der Waals surface area contributed by atoms with Gasteiger partial charge in [-0.25, -0.2) is 13.1 Å². The summed E-state index contributed by atoms with van der Waals surface area (Å²) in [4.78, 5) is 16.2. The van der Waals surface area contributed by atoms with Crippen LogP contribution in [-0.4, -0.2) is 26.4 Å². The normalized spacial score (nSPS) is 14.0. The number of aromatic amines is 1. The van der Waals surface area contributed by atoms with Crippen LogP contribution in [0.15, 0.2) is 42.5 Å². The summed E-state index contributed by atoms with van der Waals surface area (Å²) in [6.07, 6.45) is 4.50. The van der Waals surface area contributed by atoms with Gasteiger partial charge < -0.3 is 10.3 Å². The maximum atomic E-state index is 12.8. The van der Waals surface area contributed by atoms with Gasteiger partial charge in [0.2, 0.25) is 10.0 Å². The number of H-pyrrole nitrogens is 1. The zero-order valence-corrected chi connectivity index (χ0v) is 17.2. The lowest BCUT2D eigenvalue weighted by Crippen LogP contribution is -2.25. The first-order valence-electron chi connectivity index (χ1n) is 9.86. The number of fused-ring (bicyclic) bond motifs is 3. The van der Waals surface area contributed by atoms with E-state index in [1.807, 2.05) is 30.3 Å². The summed E-state index contributed by atoms with van der Waals surface area (Å²) in [5.41, 5.74) is 5.80. The Kier molecular flexibility index (Phi) is 5.43. The first kappa shape index (κ1) is 19.7. The van der Waals surface area contributed by atoms with Crippen molar-refractivity contribution in [3.8, 4) is 0 Å². The number of sulfonamides is 1. The van der Waals surface area contributed by atoms with Crippen molar-refractivity contribution in [2.45, 2.75) is 38.0 Å². The molecule has 0 unspecified atom stereocenters. The SMILES string of the molecule is CNS(=O)(=O)Cc1ccccc1CNC(=O)c1ccc2[nH]c3c(c2c1)CCCC3. The standard InChI is InChI=1S/C22H25N3O3S/c1-23-29(27,28)14-17-7-3-2-6-16(17)13-24-22(26)15-10-11-21-19(12-15)18-8-4-5-9-20(18)25-21/h2-3,6-7,10-12,23,25H,4-5,8-9,13-14H2,1H3,(H,24,26). The summed E-state index contributed by atoms with van der Waals surface area (Å²) in [7, 11) is -1.98. The van der Waals surface area contributed by atoms with Gasteiger partial charge >= 0.3 is 0 Å². The Morgan fingerprint density at radius 3 is 2.62 bits per heavy atom. The molecule has 152 valence electrons. The number of nitrogens with one attached hydrogen (secondary N) is 3. The van der Waals surface area contributed by atoms with Gasteiger partial charge in [0.25, 0.3) is 5.91 Å². The lowest BCUT2D eigenvalue weighted by Gasteiger charge is -2.12. The number of rotatable bonds is 6. The fourth-order valence-corrected chi connectivity index (χ4v) is 4.81. The molecule has 0 spiro atoms. The van der Waals surface area contributed by atoms with E-state index >= 15 is 0 Å². The summed E-state index contributed by atoms with van der Waals surface area (Å²) < 4.78 is 26.1. The van der Waals surface area contributed by atoms with Gasteiger partial charge in [0, 0.05) is 28.7 Å². The van der Waals surface area contributed by atoms with E-state index in [9.17, 15) is 13.2 Å². The molecule has 0 bridgehead atoms. The van der Waals surface area contributed by atoms with Crippen molar-refractivity contribution in [1.82, 2.24) is 15.0 Å². The molecule has 2 aromatic carbocycles. The molecule has 3 N–H and O–H groups in total. The van der Waals surface area contributed by atoms with Crippen LogP contribution >= 0.6 is 0 Å². The molecule has 1 aliphatic rings. The van der Waals surface area contributed by atoms with Crippen LogP contribution < -0.4 is 10.0 Å². The molecule has 7 heteroatoms. The Labute approximate surface area is 170 Å². The van der Waals surface area contributed by atoms with Crippen LogP contribution in [0, 0.1) is 0 Å². The van der Waals surface area contributed by atoms with Crippen molar-refractivity contribution in [3.05, 3.63) is 70.4 Å². The summed E-state index contributed by atoms with van der Waals surface area (Å²) in [6.45, 7) is 0.275. The van der Waals surface area contributed by atoms with Gasteiger partial charge in [0.1, 0.15) is 0 Å². The molecule has 1 aromatic heterocycles. The zero-order chi connectivity index (χ0) is 20.4. The highest BCUT2D eigenvalue weighted by Gasteiger charge is 2.17. The minimum atomic E-state index is -3.38. The summed E-state index contributed by atoms with van der Waals surface area (Å²) in [6, 6.07) is 13.0. The minimum Gasteiger partial charge on any atom is -0.358 e. The van der Waals surface area contributed by atoms with Crippen LogP contribution in [0.2, 0.25) is 0 Å². The Morgan fingerprint density at radius 2 is 1.83 bits per heavy atom. The first-order valence-corrected chi connectivity index (χ1v) is 11.5. The minimum absolute atomic E-state index is 0.114. The number of aromatic nitrogens is 1. The van der Waals surface area contributed by atoms with Gasteiger partial charge in [0.15, 0.2) is 0 Å². The van der Waals surface area contributed by atoms with Crippen LogP contribution in [-0.2, 0) is 35.2 Å². The molecule has 0 aliphatic heterocycles. The second kappa shape index (κ2) is 8.00. The van der Waals surface area contributed by atoms with E-state index in [1.54, 1.807) is 12.1 Å². The van der Waals surface area contributed by atoms with Gasteiger partial charge in [-0.15, -0.1) is 0 Å². The third kappa shape index (κ3) is 4.21. The predicted octanol–water partition coefficient (Wildman–Crippen LogP) is 3.03. The van der Waals surface area contributed by atoms with Gasteiger partial charge in [0.05, 0.1) is 5.75 Å². The van der Waals surface area contributed by atoms with Gasteiger partial charge in [-0.05, 0) is 67.6 Å². The monoisotopic (exact) mass is 411 g/mol. The number of amides is 1. The first-order chi connectivity index (χ1) is 14.0. The number of aryl methyl sites for hydroxylation is 2. The molecule has 3 aromatic rings. The van der Waals surface area contributed by atoms with Crippen molar-refractivity contribution >= 4 is 26.8 Å². The maximum Gasteiger partial charge on any atom is 0.251 e. The average molecular weight is 412 g/mol. The van der Waals surface area contributed by atoms with Crippen molar-refractivity contribution in [2.75, 3.05) is 7.05 Å². The van der Waals surface area contributed by atoms with E-state index in [0.717, 1.165) is 29.3 Å². The van der Waals surface area contributed by atoms with Crippen LogP contribution in [0.4, 0.5) is 0 Å². The average Bonchev–Trinajstić information content (AvgIpc) is 3.10. The van der Waals surface area contributed by atoms with E-state index < -0.39 is 10.0 Å². The van der Waals surface area contributed by atoms with E-state index in [2.05, 4.69) is 15.0 Å². The molecule has 1 amide bonds. The van der Waals surface area contributed by atoms with Gasteiger partial charge in [-0.1, -0.05) is 24.3 Å². The molecule has 29 heavy (non-hydrogen) atoms. The van der Waals surface area contributed by atoms with Crippen molar-refractivity contribution < 1.29 is 13.2 Å². The highest BCUT2D eigenvalue weighted by molar-refractivity contribution is 7.88. The van der Waals surface area contributed by atoms with Gasteiger partial charge in [-0.2, -0.15) is 0 Å². The van der Waals surface area contributed by atoms with E-state index in [0.29, 0.717) is 11.1 Å². The molecule has 0 saturated carbocycles. The molecule has 0 radical (unpaired) electrons. The quantitative estimate of drug-likeness (QED) is 0.582. The largest absolute Gasteiger partial charge is 0.358 e. The second-order valence-corrected chi connectivity index (χ2v) is 9.39.